The number of carbonyl (C=O) groups excluding carboxylic acids is 1. The normalized spacial score (nSPS) is 11.9. The van der Waals surface area contributed by atoms with Gasteiger partial charge in [-0.2, -0.15) is 8.78 Å². The Morgan fingerprint density at radius 1 is 1.16 bits per heavy atom. The zero-order valence-electron chi connectivity index (χ0n) is 17.5. The first-order valence-corrected chi connectivity index (χ1v) is 9.75. The topological polar surface area (TPSA) is 91.2 Å². The van der Waals surface area contributed by atoms with Crippen LogP contribution in [0.4, 0.5) is 13.2 Å². The second-order valence-corrected chi connectivity index (χ2v) is 6.93. The molecule has 2 aromatic carbocycles. The zero-order valence-corrected chi connectivity index (χ0v) is 17.5. The fourth-order valence-corrected chi connectivity index (χ4v) is 3.22. The molecular formula is C21H22F3N5O3. The van der Waals surface area contributed by atoms with E-state index in [1.807, 2.05) is 0 Å². The summed E-state index contributed by atoms with van der Waals surface area (Å²) in [4.78, 5) is 12.9. The lowest BCUT2D eigenvalue weighted by Gasteiger charge is -2.18. The number of methoxy groups -OCH3 is 1. The van der Waals surface area contributed by atoms with Crippen LogP contribution in [0.2, 0.25) is 0 Å². The summed E-state index contributed by atoms with van der Waals surface area (Å²) in [5.74, 6) is -0.230. The van der Waals surface area contributed by atoms with Crippen molar-refractivity contribution in [1.29, 1.82) is 0 Å². The van der Waals surface area contributed by atoms with Crippen LogP contribution in [0.5, 0.6) is 11.5 Å². The number of carbonyl (C=O) groups is 1. The minimum absolute atomic E-state index is 0.0837. The molecule has 0 spiro atoms. The van der Waals surface area contributed by atoms with Gasteiger partial charge in [-0.15, -0.1) is 5.10 Å². The van der Waals surface area contributed by atoms with Crippen molar-refractivity contribution >= 4 is 5.91 Å². The number of ether oxygens (including phenoxy) is 2. The SMILES string of the molecule is COc1ccc(CCNC(=O)C(Cc2cccc(F)c2)n2nnnc2C)cc1OC(F)F. The molecule has 0 saturated heterocycles. The van der Waals surface area contributed by atoms with Crippen LogP contribution in [0, 0.1) is 12.7 Å². The van der Waals surface area contributed by atoms with Crippen molar-refractivity contribution in [1.82, 2.24) is 25.5 Å². The van der Waals surface area contributed by atoms with Gasteiger partial charge in [0.05, 0.1) is 7.11 Å². The summed E-state index contributed by atoms with van der Waals surface area (Å²) < 4.78 is 49.7. The molecule has 3 rings (SSSR count). The number of alkyl halides is 2. The minimum Gasteiger partial charge on any atom is -0.493 e. The van der Waals surface area contributed by atoms with Gasteiger partial charge in [0.25, 0.3) is 0 Å². The summed E-state index contributed by atoms with van der Waals surface area (Å²) in [5, 5.41) is 14.1. The van der Waals surface area contributed by atoms with E-state index in [1.54, 1.807) is 25.1 Å². The quantitative estimate of drug-likeness (QED) is 0.512. The minimum atomic E-state index is -2.98. The number of benzene rings is 2. The van der Waals surface area contributed by atoms with E-state index in [1.165, 1.54) is 36.1 Å². The molecule has 32 heavy (non-hydrogen) atoms. The third-order valence-corrected chi connectivity index (χ3v) is 4.73. The highest BCUT2D eigenvalue weighted by molar-refractivity contribution is 5.80. The van der Waals surface area contributed by atoms with Crippen molar-refractivity contribution in [3.05, 3.63) is 65.2 Å². The van der Waals surface area contributed by atoms with Crippen molar-refractivity contribution in [3.8, 4) is 11.5 Å². The van der Waals surface area contributed by atoms with Crippen LogP contribution in [0.1, 0.15) is 23.0 Å². The van der Waals surface area contributed by atoms with Crippen LogP contribution in [0.3, 0.4) is 0 Å². The molecular weight excluding hydrogens is 427 g/mol. The molecule has 1 heterocycles. The number of aromatic nitrogens is 4. The van der Waals surface area contributed by atoms with E-state index in [9.17, 15) is 18.0 Å². The molecule has 1 unspecified atom stereocenters. The molecule has 0 aliphatic heterocycles. The average molecular weight is 449 g/mol. The Morgan fingerprint density at radius 3 is 2.62 bits per heavy atom. The Balaban J connectivity index is 1.68. The van der Waals surface area contributed by atoms with E-state index in [0.717, 1.165) is 0 Å². The average Bonchev–Trinajstić information content (AvgIpc) is 3.17. The lowest BCUT2D eigenvalue weighted by atomic mass is 10.0. The molecule has 170 valence electrons. The summed E-state index contributed by atoms with van der Waals surface area (Å²) in [7, 11) is 1.35. The molecule has 1 aromatic heterocycles. The van der Waals surface area contributed by atoms with Gasteiger partial charge in [0, 0.05) is 13.0 Å². The van der Waals surface area contributed by atoms with Crippen LogP contribution >= 0.6 is 0 Å². The first-order chi connectivity index (χ1) is 15.4. The Labute approximate surface area is 182 Å². The number of hydrogen-bond donors (Lipinski definition) is 1. The van der Waals surface area contributed by atoms with Gasteiger partial charge < -0.3 is 14.8 Å². The van der Waals surface area contributed by atoms with E-state index >= 15 is 0 Å². The van der Waals surface area contributed by atoms with Crippen LogP contribution in [-0.2, 0) is 17.6 Å². The summed E-state index contributed by atoms with van der Waals surface area (Å²) in [5.41, 5.74) is 1.28. The third kappa shape index (κ3) is 5.96. The summed E-state index contributed by atoms with van der Waals surface area (Å²) >= 11 is 0. The van der Waals surface area contributed by atoms with E-state index in [2.05, 4.69) is 25.6 Å². The second-order valence-electron chi connectivity index (χ2n) is 6.93. The number of amides is 1. The fraction of sp³-hybridized carbons (Fsp3) is 0.333. The van der Waals surface area contributed by atoms with Gasteiger partial charge in [-0.1, -0.05) is 18.2 Å². The number of tetrazole rings is 1. The molecule has 0 radical (unpaired) electrons. The van der Waals surface area contributed by atoms with Crippen molar-refractivity contribution in [2.75, 3.05) is 13.7 Å². The number of halogens is 3. The van der Waals surface area contributed by atoms with Crippen LogP contribution in [0.15, 0.2) is 42.5 Å². The smallest absolute Gasteiger partial charge is 0.387 e. The van der Waals surface area contributed by atoms with Crippen molar-refractivity contribution < 1.29 is 27.4 Å². The molecule has 0 aliphatic carbocycles. The van der Waals surface area contributed by atoms with Crippen molar-refractivity contribution in [3.63, 3.8) is 0 Å². The number of rotatable bonds is 10. The summed E-state index contributed by atoms with van der Waals surface area (Å²) in [6, 6.07) is 9.81. The van der Waals surface area contributed by atoms with E-state index in [4.69, 9.17) is 4.74 Å². The zero-order chi connectivity index (χ0) is 23.1. The maximum absolute atomic E-state index is 13.6. The monoisotopic (exact) mass is 449 g/mol. The number of nitrogens with one attached hydrogen (secondary N) is 1. The lowest BCUT2D eigenvalue weighted by molar-refractivity contribution is -0.124. The second kappa shape index (κ2) is 10.6. The predicted molar refractivity (Wildman–Crippen MR) is 108 cm³/mol. The molecule has 0 saturated carbocycles. The first kappa shape index (κ1) is 23.0. The molecule has 1 atom stereocenters. The maximum Gasteiger partial charge on any atom is 0.387 e. The summed E-state index contributed by atoms with van der Waals surface area (Å²) in [6.45, 7) is -1.10. The van der Waals surface area contributed by atoms with E-state index in [-0.39, 0.29) is 30.4 Å². The van der Waals surface area contributed by atoms with Gasteiger partial charge in [-0.25, -0.2) is 9.07 Å². The van der Waals surface area contributed by atoms with E-state index in [0.29, 0.717) is 23.4 Å². The van der Waals surface area contributed by atoms with E-state index < -0.39 is 18.5 Å². The Bertz CT molecular complexity index is 1060. The highest BCUT2D eigenvalue weighted by Gasteiger charge is 2.24. The van der Waals surface area contributed by atoms with Gasteiger partial charge >= 0.3 is 6.61 Å². The first-order valence-electron chi connectivity index (χ1n) is 9.75. The van der Waals surface area contributed by atoms with Crippen molar-refractivity contribution in [2.24, 2.45) is 0 Å². The Hall–Kier alpha value is -3.63. The summed E-state index contributed by atoms with van der Waals surface area (Å²) in [6.07, 6.45) is 0.543. The van der Waals surface area contributed by atoms with Gasteiger partial charge in [-0.05, 0) is 59.2 Å². The maximum atomic E-state index is 13.6. The van der Waals surface area contributed by atoms with Crippen molar-refractivity contribution in [2.45, 2.75) is 32.4 Å². The van der Waals surface area contributed by atoms with Crippen LogP contribution in [0.25, 0.3) is 0 Å². The van der Waals surface area contributed by atoms with Crippen LogP contribution < -0.4 is 14.8 Å². The molecule has 0 fully saturated rings. The number of hydrogen-bond acceptors (Lipinski definition) is 6. The molecule has 3 aromatic rings. The Kier molecular flexibility index (Phi) is 7.63. The Morgan fingerprint density at radius 2 is 1.97 bits per heavy atom. The number of nitrogens with zero attached hydrogens (tertiary/aromatic N) is 4. The van der Waals surface area contributed by atoms with Crippen LogP contribution in [-0.4, -0.2) is 46.4 Å². The molecule has 8 nitrogen and oxygen atoms in total. The highest BCUT2D eigenvalue weighted by Crippen LogP contribution is 2.29. The largest absolute Gasteiger partial charge is 0.493 e. The van der Waals surface area contributed by atoms with Gasteiger partial charge in [0.1, 0.15) is 17.7 Å². The predicted octanol–water partition coefficient (Wildman–Crippen LogP) is 2.87. The molecule has 1 amide bonds. The third-order valence-electron chi connectivity index (χ3n) is 4.73. The van der Waals surface area contributed by atoms with Gasteiger partial charge in [-0.3, -0.25) is 4.79 Å². The highest BCUT2D eigenvalue weighted by atomic mass is 19.3. The molecule has 0 bridgehead atoms. The van der Waals surface area contributed by atoms with Gasteiger partial charge in [0.2, 0.25) is 5.91 Å². The molecule has 1 N–H and O–H groups in total. The standard InChI is InChI=1S/C21H22F3N5O3/c1-13-26-27-28-29(13)17(11-15-4-3-5-16(22)10-15)20(30)25-9-8-14-6-7-18(31-2)19(12-14)32-21(23)24/h3-7,10,12,17,21H,8-9,11H2,1-2H3,(H,25,30). The number of aryl methyl sites for hydroxylation is 1. The fourth-order valence-electron chi connectivity index (χ4n) is 3.22. The van der Waals surface area contributed by atoms with Gasteiger partial charge in [0.15, 0.2) is 11.5 Å². The molecule has 11 heteroatoms. The lowest BCUT2D eigenvalue weighted by Crippen LogP contribution is -2.36. The molecule has 0 aliphatic rings.